The van der Waals surface area contributed by atoms with Gasteiger partial charge in [0.25, 0.3) is 0 Å². The van der Waals surface area contributed by atoms with Gasteiger partial charge >= 0.3 is 6.03 Å². The number of urea groups is 1. The normalized spacial score (nSPS) is 10.2. The van der Waals surface area contributed by atoms with Crippen LogP contribution in [0, 0.1) is 0 Å². The van der Waals surface area contributed by atoms with Crippen molar-refractivity contribution in [1.82, 2.24) is 4.98 Å². The summed E-state index contributed by atoms with van der Waals surface area (Å²) in [5.41, 5.74) is 6.69. The first kappa shape index (κ1) is 13.4. The van der Waals surface area contributed by atoms with Gasteiger partial charge in [-0.1, -0.05) is 13.0 Å². The Balaban J connectivity index is 1.97. The second-order valence-electron chi connectivity index (χ2n) is 4.00. The molecule has 0 aliphatic carbocycles. The van der Waals surface area contributed by atoms with Crippen LogP contribution < -0.4 is 16.4 Å². The van der Waals surface area contributed by atoms with Crippen molar-refractivity contribution in [3.8, 4) is 0 Å². The topological polar surface area (TPSA) is 80.0 Å². The summed E-state index contributed by atoms with van der Waals surface area (Å²) in [4.78, 5) is 16.3. The predicted molar refractivity (Wildman–Crippen MR) is 78.5 cm³/mol. The van der Waals surface area contributed by atoms with Gasteiger partial charge in [0.2, 0.25) is 0 Å². The lowest BCUT2D eigenvalue weighted by Gasteiger charge is -2.07. The standard InChI is InChI=1S/C13H16N4OS/c1-2-12-16-8-11(19-12)7-15-9-4-3-5-10(6-9)17-13(14)18/h3-6,8,15H,2,7H2,1H3,(H3,14,17,18). The maximum Gasteiger partial charge on any atom is 0.316 e. The molecule has 1 aromatic carbocycles. The Kier molecular flexibility index (Phi) is 4.35. The lowest BCUT2D eigenvalue weighted by atomic mass is 10.2. The highest BCUT2D eigenvalue weighted by molar-refractivity contribution is 7.11. The summed E-state index contributed by atoms with van der Waals surface area (Å²) >= 11 is 1.70. The Hall–Kier alpha value is -2.08. The summed E-state index contributed by atoms with van der Waals surface area (Å²) in [6, 6.07) is 6.86. The van der Waals surface area contributed by atoms with Gasteiger partial charge in [0.15, 0.2) is 0 Å². The second kappa shape index (κ2) is 6.19. The van der Waals surface area contributed by atoms with E-state index in [9.17, 15) is 4.79 Å². The lowest BCUT2D eigenvalue weighted by Crippen LogP contribution is -2.19. The van der Waals surface area contributed by atoms with Crippen LogP contribution >= 0.6 is 11.3 Å². The number of nitrogens with two attached hydrogens (primary N) is 1. The molecule has 6 heteroatoms. The largest absolute Gasteiger partial charge is 0.380 e. The molecule has 0 saturated carbocycles. The molecular formula is C13H16N4OS. The van der Waals surface area contributed by atoms with Crippen LogP contribution in [0.1, 0.15) is 16.8 Å². The van der Waals surface area contributed by atoms with E-state index in [4.69, 9.17) is 5.73 Å². The van der Waals surface area contributed by atoms with E-state index < -0.39 is 6.03 Å². The molecule has 0 unspecified atom stereocenters. The summed E-state index contributed by atoms with van der Waals surface area (Å²) in [6.45, 7) is 2.81. The Morgan fingerprint density at radius 1 is 1.42 bits per heavy atom. The second-order valence-corrected chi connectivity index (χ2v) is 5.20. The van der Waals surface area contributed by atoms with Gasteiger partial charge in [-0.25, -0.2) is 9.78 Å². The fourth-order valence-corrected chi connectivity index (χ4v) is 2.43. The molecule has 0 fully saturated rings. The molecule has 0 aliphatic heterocycles. The minimum absolute atomic E-state index is 0.563. The van der Waals surface area contributed by atoms with Gasteiger partial charge in [-0.15, -0.1) is 11.3 Å². The fraction of sp³-hybridized carbons (Fsp3) is 0.231. The Bertz CT molecular complexity index is 567. The van der Waals surface area contributed by atoms with Crippen molar-refractivity contribution in [3.05, 3.63) is 40.3 Å². The van der Waals surface area contributed by atoms with Crippen LogP contribution in [0.3, 0.4) is 0 Å². The van der Waals surface area contributed by atoms with E-state index in [1.54, 1.807) is 17.4 Å². The molecule has 0 radical (unpaired) electrons. The van der Waals surface area contributed by atoms with Crippen LogP contribution in [0.5, 0.6) is 0 Å². The number of anilines is 2. The number of carbonyl (C=O) groups excluding carboxylic acids is 1. The van der Waals surface area contributed by atoms with Crippen molar-refractivity contribution in [2.45, 2.75) is 19.9 Å². The molecule has 0 spiro atoms. The molecule has 1 aromatic heterocycles. The van der Waals surface area contributed by atoms with Gasteiger partial charge < -0.3 is 16.4 Å². The van der Waals surface area contributed by atoms with Gasteiger partial charge in [-0.05, 0) is 24.6 Å². The van der Waals surface area contributed by atoms with Crippen LogP contribution in [0.2, 0.25) is 0 Å². The number of carbonyl (C=O) groups is 1. The van der Waals surface area contributed by atoms with Crippen molar-refractivity contribution < 1.29 is 4.79 Å². The van der Waals surface area contributed by atoms with E-state index >= 15 is 0 Å². The minimum atomic E-state index is -0.563. The molecule has 5 nitrogen and oxygen atoms in total. The van der Waals surface area contributed by atoms with E-state index in [1.165, 1.54) is 4.88 Å². The van der Waals surface area contributed by atoms with E-state index in [0.717, 1.165) is 23.7 Å². The van der Waals surface area contributed by atoms with Gasteiger partial charge in [0.1, 0.15) is 0 Å². The van der Waals surface area contributed by atoms with E-state index in [2.05, 4.69) is 22.5 Å². The first-order chi connectivity index (χ1) is 9.17. The zero-order chi connectivity index (χ0) is 13.7. The summed E-state index contributed by atoms with van der Waals surface area (Å²) < 4.78 is 0. The number of aromatic nitrogens is 1. The van der Waals surface area contributed by atoms with E-state index in [0.29, 0.717) is 5.69 Å². The molecule has 2 aromatic rings. The maximum absolute atomic E-state index is 10.8. The van der Waals surface area contributed by atoms with Crippen LogP contribution in [-0.2, 0) is 13.0 Å². The molecule has 0 saturated heterocycles. The highest BCUT2D eigenvalue weighted by Gasteiger charge is 2.01. The molecule has 1 heterocycles. The number of rotatable bonds is 5. The Morgan fingerprint density at radius 3 is 2.89 bits per heavy atom. The molecule has 100 valence electrons. The third-order valence-corrected chi connectivity index (χ3v) is 3.64. The highest BCUT2D eigenvalue weighted by Crippen LogP contribution is 2.18. The summed E-state index contributed by atoms with van der Waals surface area (Å²) in [6.07, 6.45) is 2.85. The van der Waals surface area contributed by atoms with Crippen molar-refractivity contribution >= 4 is 28.7 Å². The van der Waals surface area contributed by atoms with Crippen LogP contribution in [-0.4, -0.2) is 11.0 Å². The lowest BCUT2D eigenvalue weighted by molar-refractivity contribution is 0.259. The zero-order valence-corrected chi connectivity index (χ0v) is 11.5. The monoisotopic (exact) mass is 276 g/mol. The predicted octanol–water partition coefficient (Wildman–Crippen LogP) is 2.81. The minimum Gasteiger partial charge on any atom is -0.380 e. The van der Waals surface area contributed by atoms with E-state index in [1.807, 2.05) is 24.4 Å². The van der Waals surface area contributed by atoms with Gasteiger partial charge in [0, 0.05) is 22.4 Å². The average molecular weight is 276 g/mol. The van der Waals surface area contributed by atoms with Crippen molar-refractivity contribution in [2.75, 3.05) is 10.6 Å². The zero-order valence-electron chi connectivity index (χ0n) is 10.6. The molecular weight excluding hydrogens is 260 g/mol. The molecule has 0 atom stereocenters. The fourth-order valence-electron chi connectivity index (χ4n) is 1.63. The third-order valence-electron chi connectivity index (χ3n) is 2.50. The van der Waals surface area contributed by atoms with Gasteiger partial charge in [0.05, 0.1) is 11.6 Å². The van der Waals surface area contributed by atoms with Gasteiger partial charge in [-0.3, -0.25) is 0 Å². The molecule has 4 N–H and O–H groups in total. The summed E-state index contributed by atoms with van der Waals surface area (Å²) in [7, 11) is 0. The highest BCUT2D eigenvalue weighted by atomic mass is 32.1. The maximum atomic E-state index is 10.8. The third kappa shape index (κ3) is 3.96. The number of thiazole rings is 1. The van der Waals surface area contributed by atoms with Crippen LogP contribution in [0.15, 0.2) is 30.5 Å². The van der Waals surface area contributed by atoms with Crippen LogP contribution in [0.4, 0.5) is 16.2 Å². The summed E-state index contributed by atoms with van der Waals surface area (Å²) in [5, 5.41) is 6.98. The smallest absolute Gasteiger partial charge is 0.316 e. The number of hydrogen-bond donors (Lipinski definition) is 3. The van der Waals surface area contributed by atoms with Crippen molar-refractivity contribution in [3.63, 3.8) is 0 Å². The number of nitrogens with zero attached hydrogens (tertiary/aromatic N) is 1. The molecule has 0 bridgehead atoms. The van der Waals surface area contributed by atoms with Crippen molar-refractivity contribution in [1.29, 1.82) is 0 Å². The van der Waals surface area contributed by atoms with Crippen LogP contribution in [0.25, 0.3) is 0 Å². The molecule has 2 amide bonds. The molecule has 0 aliphatic rings. The number of nitrogens with one attached hydrogen (secondary N) is 2. The quantitative estimate of drug-likeness (QED) is 0.785. The number of amides is 2. The first-order valence-corrected chi connectivity index (χ1v) is 6.83. The average Bonchev–Trinajstić information content (AvgIpc) is 2.84. The molecule has 19 heavy (non-hydrogen) atoms. The van der Waals surface area contributed by atoms with E-state index in [-0.39, 0.29) is 0 Å². The SMILES string of the molecule is CCc1ncc(CNc2cccc(NC(N)=O)c2)s1. The number of benzene rings is 1. The Morgan fingerprint density at radius 2 is 2.21 bits per heavy atom. The Labute approximate surface area is 115 Å². The summed E-state index contributed by atoms with van der Waals surface area (Å²) in [5.74, 6) is 0. The van der Waals surface area contributed by atoms with Crippen molar-refractivity contribution in [2.24, 2.45) is 5.73 Å². The number of primary amides is 1. The number of hydrogen-bond acceptors (Lipinski definition) is 4. The number of aryl methyl sites for hydroxylation is 1. The van der Waals surface area contributed by atoms with Gasteiger partial charge in [-0.2, -0.15) is 0 Å². The first-order valence-electron chi connectivity index (χ1n) is 6.01. The molecule has 2 rings (SSSR count).